The number of nitrogens with zero attached hydrogens (tertiary/aromatic N) is 2. The summed E-state index contributed by atoms with van der Waals surface area (Å²) >= 11 is 5.97. The Balaban J connectivity index is 2.15. The fourth-order valence-electron chi connectivity index (χ4n) is 2.56. The number of nitrogen functional groups attached to an aromatic ring is 1. The zero-order chi connectivity index (χ0) is 14.7. The van der Waals surface area contributed by atoms with E-state index in [1.165, 1.54) is 12.3 Å². The van der Waals surface area contributed by atoms with Crippen LogP contribution in [0.3, 0.4) is 0 Å². The van der Waals surface area contributed by atoms with Gasteiger partial charge >= 0.3 is 0 Å². The minimum Gasteiger partial charge on any atom is -0.391 e. The van der Waals surface area contributed by atoms with Crippen LogP contribution in [0.5, 0.6) is 0 Å². The van der Waals surface area contributed by atoms with Gasteiger partial charge in [0.1, 0.15) is 0 Å². The van der Waals surface area contributed by atoms with Gasteiger partial charge in [0.25, 0.3) is 5.91 Å². The zero-order valence-corrected chi connectivity index (χ0v) is 12.1. The van der Waals surface area contributed by atoms with Gasteiger partial charge in [-0.3, -0.25) is 4.79 Å². The number of anilines is 1. The number of aliphatic hydroxyl groups excluding tert-OH is 1. The van der Waals surface area contributed by atoms with E-state index in [1.54, 1.807) is 11.9 Å². The molecule has 1 heterocycles. The van der Waals surface area contributed by atoms with Gasteiger partial charge in [-0.1, -0.05) is 24.4 Å². The molecular weight excluding hydrogens is 280 g/mol. The standard InChI is InChI=1S/C13H19ClN4O2/c1-18(10-4-2-3-5-11(10)19)13(20)8-6-9(14)12(17-15)16-7-8/h6-7,10-11,19H,2-5,15H2,1H3,(H,16,17). The molecule has 7 heteroatoms. The van der Waals surface area contributed by atoms with Gasteiger partial charge in [0.15, 0.2) is 5.82 Å². The van der Waals surface area contributed by atoms with Crippen LogP contribution < -0.4 is 11.3 Å². The third-order valence-corrected chi connectivity index (χ3v) is 4.02. The van der Waals surface area contributed by atoms with Gasteiger partial charge < -0.3 is 15.4 Å². The number of halogens is 1. The van der Waals surface area contributed by atoms with Crippen molar-refractivity contribution in [2.75, 3.05) is 12.5 Å². The topological polar surface area (TPSA) is 91.5 Å². The van der Waals surface area contributed by atoms with Crippen molar-refractivity contribution in [2.24, 2.45) is 5.84 Å². The lowest BCUT2D eigenvalue weighted by atomic mass is 9.91. The van der Waals surface area contributed by atoms with Crippen LogP contribution in [-0.2, 0) is 0 Å². The highest BCUT2D eigenvalue weighted by molar-refractivity contribution is 6.33. The summed E-state index contributed by atoms with van der Waals surface area (Å²) in [6, 6.07) is 1.37. The number of hydrazine groups is 1. The molecule has 0 saturated heterocycles. The third-order valence-electron chi connectivity index (χ3n) is 3.74. The monoisotopic (exact) mass is 298 g/mol. The Kier molecular flexibility index (Phi) is 4.80. The van der Waals surface area contributed by atoms with Crippen LogP contribution >= 0.6 is 11.6 Å². The highest BCUT2D eigenvalue weighted by Crippen LogP contribution is 2.25. The van der Waals surface area contributed by atoms with Crippen molar-refractivity contribution in [1.29, 1.82) is 0 Å². The third kappa shape index (κ3) is 3.03. The van der Waals surface area contributed by atoms with E-state index in [1.807, 2.05) is 0 Å². The normalized spacial score (nSPS) is 22.4. The van der Waals surface area contributed by atoms with Crippen LogP contribution in [0.25, 0.3) is 0 Å². The summed E-state index contributed by atoms with van der Waals surface area (Å²) in [5, 5.41) is 10.3. The van der Waals surface area contributed by atoms with Crippen LogP contribution in [0.4, 0.5) is 5.82 Å². The maximum Gasteiger partial charge on any atom is 0.255 e. The molecule has 0 spiro atoms. The molecule has 0 aliphatic heterocycles. The van der Waals surface area contributed by atoms with E-state index in [9.17, 15) is 9.90 Å². The van der Waals surface area contributed by atoms with Gasteiger partial charge in [0, 0.05) is 13.2 Å². The van der Waals surface area contributed by atoms with E-state index in [0.29, 0.717) is 11.4 Å². The maximum absolute atomic E-state index is 12.4. The van der Waals surface area contributed by atoms with Crippen molar-refractivity contribution in [3.8, 4) is 0 Å². The number of pyridine rings is 1. The molecule has 110 valence electrons. The summed E-state index contributed by atoms with van der Waals surface area (Å²) in [6.45, 7) is 0. The lowest BCUT2D eigenvalue weighted by Crippen LogP contribution is -2.46. The largest absolute Gasteiger partial charge is 0.391 e. The van der Waals surface area contributed by atoms with E-state index in [4.69, 9.17) is 17.4 Å². The molecule has 6 nitrogen and oxygen atoms in total. The van der Waals surface area contributed by atoms with Crippen molar-refractivity contribution in [3.05, 3.63) is 22.8 Å². The number of rotatable bonds is 3. The van der Waals surface area contributed by atoms with Crippen molar-refractivity contribution >= 4 is 23.3 Å². The van der Waals surface area contributed by atoms with E-state index < -0.39 is 6.10 Å². The highest BCUT2D eigenvalue weighted by atomic mass is 35.5. The first-order chi connectivity index (χ1) is 9.54. The Morgan fingerprint density at radius 3 is 2.85 bits per heavy atom. The Morgan fingerprint density at radius 1 is 1.55 bits per heavy atom. The summed E-state index contributed by atoms with van der Waals surface area (Å²) in [4.78, 5) is 18.0. The van der Waals surface area contributed by atoms with E-state index >= 15 is 0 Å². The lowest BCUT2D eigenvalue weighted by Gasteiger charge is -2.35. The molecule has 1 aromatic rings. The van der Waals surface area contributed by atoms with Crippen LogP contribution in [0.1, 0.15) is 36.0 Å². The lowest BCUT2D eigenvalue weighted by molar-refractivity contribution is 0.0268. The molecule has 0 radical (unpaired) electrons. The first-order valence-corrected chi connectivity index (χ1v) is 6.99. The SMILES string of the molecule is CN(C(=O)c1cnc(NN)c(Cl)c1)C1CCCCC1O. The molecule has 0 aromatic carbocycles. The molecule has 1 aliphatic rings. The van der Waals surface area contributed by atoms with Gasteiger partial charge in [0.05, 0.1) is 22.7 Å². The molecule has 0 bridgehead atoms. The van der Waals surface area contributed by atoms with Gasteiger partial charge in [-0.05, 0) is 18.9 Å². The fraction of sp³-hybridized carbons (Fsp3) is 0.538. The first kappa shape index (κ1) is 15.0. The minimum absolute atomic E-state index is 0.151. The molecule has 1 amide bonds. The molecule has 1 saturated carbocycles. The average molecular weight is 299 g/mol. The van der Waals surface area contributed by atoms with Crippen molar-refractivity contribution in [2.45, 2.75) is 37.8 Å². The molecule has 4 N–H and O–H groups in total. The fourth-order valence-corrected chi connectivity index (χ4v) is 2.78. The van der Waals surface area contributed by atoms with E-state index in [2.05, 4.69) is 10.4 Å². The predicted octanol–water partition coefficient (Wildman–Crippen LogP) is 1.40. The van der Waals surface area contributed by atoms with Crippen LogP contribution in [0, 0.1) is 0 Å². The summed E-state index contributed by atoms with van der Waals surface area (Å²) in [6.07, 6.45) is 4.53. The summed E-state index contributed by atoms with van der Waals surface area (Å²) in [7, 11) is 1.70. The van der Waals surface area contributed by atoms with E-state index in [0.717, 1.165) is 25.7 Å². The predicted molar refractivity (Wildman–Crippen MR) is 77.4 cm³/mol. The van der Waals surface area contributed by atoms with Crippen LogP contribution in [-0.4, -0.2) is 40.1 Å². The smallest absolute Gasteiger partial charge is 0.255 e. The minimum atomic E-state index is -0.467. The molecule has 2 atom stereocenters. The number of nitrogens with two attached hydrogens (primary N) is 1. The Bertz CT molecular complexity index is 497. The van der Waals surface area contributed by atoms with Crippen molar-refractivity contribution in [1.82, 2.24) is 9.88 Å². The zero-order valence-electron chi connectivity index (χ0n) is 11.3. The highest BCUT2D eigenvalue weighted by Gasteiger charge is 2.30. The second-order valence-electron chi connectivity index (χ2n) is 5.03. The number of hydrogen-bond acceptors (Lipinski definition) is 5. The van der Waals surface area contributed by atoms with Gasteiger partial charge in [-0.25, -0.2) is 10.8 Å². The summed E-state index contributed by atoms with van der Waals surface area (Å²) in [5.74, 6) is 5.37. The Labute approximate surface area is 122 Å². The number of carbonyl (C=O) groups is 1. The average Bonchev–Trinajstić information content (AvgIpc) is 2.46. The molecule has 1 aliphatic carbocycles. The van der Waals surface area contributed by atoms with Gasteiger partial charge in [-0.2, -0.15) is 0 Å². The molecular formula is C13H19ClN4O2. The van der Waals surface area contributed by atoms with Crippen LogP contribution in [0.2, 0.25) is 5.02 Å². The molecule has 20 heavy (non-hydrogen) atoms. The van der Waals surface area contributed by atoms with Crippen molar-refractivity contribution in [3.63, 3.8) is 0 Å². The number of aliphatic hydroxyl groups is 1. The Morgan fingerprint density at radius 2 is 2.25 bits per heavy atom. The van der Waals surface area contributed by atoms with Crippen molar-refractivity contribution < 1.29 is 9.90 Å². The second kappa shape index (κ2) is 6.39. The summed E-state index contributed by atoms with van der Waals surface area (Å²) < 4.78 is 0. The molecule has 1 aromatic heterocycles. The number of nitrogens with one attached hydrogen (secondary N) is 1. The van der Waals surface area contributed by atoms with Gasteiger partial charge in [0.2, 0.25) is 0 Å². The first-order valence-electron chi connectivity index (χ1n) is 6.62. The molecule has 2 rings (SSSR count). The number of likely N-dealkylation sites (N-methyl/N-ethyl adjacent to an activating group) is 1. The quantitative estimate of drug-likeness (QED) is 0.579. The number of aromatic nitrogens is 1. The Hall–Kier alpha value is -1.37. The van der Waals surface area contributed by atoms with Crippen LogP contribution in [0.15, 0.2) is 12.3 Å². The van der Waals surface area contributed by atoms with Gasteiger partial charge in [-0.15, -0.1) is 0 Å². The summed E-state index contributed by atoms with van der Waals surface area (Å²) in [5.41, 5.74) is 2.74. The maximum atomic E-state index is 12.4. The number of carbonyl (C=O) groups excluding carboxylic acids is 1. The number of hydrogen-bond donors (Lipinski definition) is 3. The number of amides is 1. The second-order valence-corrected chi connectivity index (χ2v) is 5.44. The molecule has 2 unspecified atom stereocenters. The van der Waals surface area contributed by atoms with E-state index in [-0.39, 0.29) is 17.0 Å². The molecule has 1 fully saturated rings.